The first-order valence-corrected chi connectivity index (χ1v) is 12.6. The highest BCUT2D eigenvalue weighted by Gasteiger charge is 2.61. The van der Waals surface area contributed by atoms with Crippen LogP contribution in [0.15, 0.2) is 52.5 Å². The van der Waals surface area contributed by atoms with Gasteiger partial charge >= 0.3 is 0 Å². The summed E-state index contributed by atoms with van der Waals surface area (Å²) in [4.78, 5) is 35.5. The quantitative estimate of drug-likeness (QED) is 0.446. The minimum atomic E-state index is -0.178. The van der Waals surface area contributed by atoms with E-state index in [0.29, 0.717) is 27.8 Å². The van der Waals surface area contributed by atoms with Crippen LogP contribution >= 0.6 is 11.8 Å². The number of nitrogens with one attached hydrogen (secondary N) is 1. The fraction of sp³-hybridized carbons (Fsp3) is 0.462. The maximum atomic E-state index is 13.3. The van der Waals surface area contributed by atoms with Crippen molar-refractivity contribution < 1.29 is 4.79 Å². The molecule has 3 unspecified atom stereocenters. The van der Waals surface area contributed by atoms with Gasteiger partial charge in [-0.25, -0.2) is 14.5 Å². The number of amides is 1. The molecule has 1 N–H and O–H groups in total. The Morgan fingerprint density at radius 2 is 2.00 bits per heavy atom. The molecule has 2 fully saturated rings. The number of carbonyl (C=O) groups excluding carboxylic acids is 1. The number of aromatic nitrogens is 3. The monoisotopic (exact) mass is 462 g/mol. The summed E-state index contributed by atoms with van der Waals surface area (Å²) in [6, 6.07) is 11.2. The normalized spacial score (nSPS) is 25.5. The maximum Gasteiger partial charge on any atom is 0.267 e. The molecule has 1 amide bonds. The third kappa shape index (κ3) is 3.57. The molecule has 1 aromatic carbocycles. The lowest BCUT2D eigenvalue weighted by Crippen LogP contribution is -2.47. The van der Waals surface area contributed by atoms with Crippen LogP contribution in [0.5, 0.6) is 0 Å². The zero-order chi connectivity index (χ0) is 23.4. The molecule has 0 spiro atoms. The van der Waals surface area contributed by atoms with Crippen LogP contribution in [0.25, 0.3) is 16.7 Å². The van der Waals surface area contributed by atoms with Crippen molar-refractivity contribution in [1.82, 2.24) is 19.9 Å². The van der Waals surface area contributed by atoms with E-state index in [9.17, 15) is 9.59 Å². The van der Waals surface area contributed by atoms with Gasteiger partial charge in [0.25, 0.3) is 5.56 Å². The first-order chi connectivity index (χ1) is 15.7. The molecule has 2 aliphatic carbocycles. The first kappa shape index (κ1) is 22.1. The number of thioether (sulfide) groups is 1. The Bertz CT molecular complexity index is 1280. The van der Waals surface area contributed by atoms with E-state index in [1.165, 1.54) is 22.7 Å². The van der Waals surface area contributed by atoms with Crippen LogP contribution in [0, 0.1) is 23.7 Å². The van der Waals surface area contributed by atoms with Gasteiger partial charge in [0.2, 0.25) is 5.91 Å². The predicted molar refractivity (Wildman–Crippen MR) is 132 cm³/mol. The number of fused-ring (bicyclic) bond motifs is 3. The Balaban J connectivity index is 1.41. The van der Waals surface area contributed by atoms with Gasteiger partial charge < -0.3 is 5.32 Å². The van der Waals surface area contributed by atoms with E-state index in [1.54, 1.807) is 12.3 Å². The number of benzene rings is 1. The second kappa shape index (κ2) is 7.97. The molecule has 2 heterocycles. The average Bonchev–Trinajstić information content (AvgIpc) is 3.12. The molecule has 7 heteroatoms. The number of rotatable bonds is 5. The molecule has 3 aromatic rings. The molecule has 2 saturated carbocycles. The lowest BCUT2D eigenvalue weighted by molar-refractivity contribution is -0.120. The van der Waals surface area contributed by atoms with Crippen LogP contribution in [0.1, 0.15) is 45.6 Å². The van der Waals surface area contributed by atoms with Gasteiger partial charge in [-0.2, -0.15) is 0 Å². The molecular formula is C26H30N4O2S. The zero-order valence-electron chi connectivity index (χ0n) is 19.6. The van der Waals surface area contributed by atoms with Crippen molar-refractivity contribution in [1.29, 1.82) is 0 Å². The highest BCUT2D eigenvalue weighted by molar-refractivity contribution is 7.99. The van der Waals surface area contributed by atoms with Crippen molar-refractivity contribution >= 4 is 28.6 Å². The van der Waals surface area contributed by atoms with Crippen LogP contribution in [-0.4, -0.2) is 32.2 Å². The number of hydrogen-bond donors (Lipinski definition) is 1. The van der Waals surface area contributed by atoms with E-state index in [-0.39, 0.29) is 34.1 Å². The Labute approximate surface area is 198 Å². The fourth-order valence-corrected chi connectivity index (χ4v) is 6.60. The Kier molecular flexibility index (Phi) is 5.35. The fourth-order valence-electron chi connectivity index (χ4n) is 5.79. The van der Waals surface area contributed by atoms with Crippen molar-refractivity contribution in [2.45, 2.75) is 58.2 Å². The van der Waals surface area contributed by atoms with E-state index in [4.69, 9.17) is 4.98 Å². The van der Waals surface area contributed by atoms with Crippen molar-refractivity contribution in [2.24, 2.45) is 16.7 Å². The summed E-state index contributed by atoms with van der Waals surface area (Å²) in [5.74, 6) is 1.36. The molecule has 0 aliphatic heterocycles. The smallest absolute Gasteiger partial charge is 0.267 e. The maximum absolute atomic E-state index is 13.3. The second-order valence-electron chi connectivity index (χ2n) is 10.3. The molecule has 2 aromatic heterocycles. The van der Waals surface area contributed by atoms with Crippen LogP contribution in [0.3, 0.4) is 0 Å². The highest BCUT2D eigenvalue weighted by atomic mass is 32.2. The number of hydrogen-bond acceptors (Lipinski definition) is 5. The first-order valence-electron chi connectivity index (χ1n) is 11.6. The Morgan fingerprint density at radius 1 is 1.21 bits per heavy atom. The minimum absolute atomic E-state index is 0.0135. The summed E-state index contributed by atoms with van der Waals surface area (Å²) in [5, 5.41) is 4.31. The minimum Gasteiger partial charge on any atom is -0.352 e. The van der Waals surface area contributed by atoms with Gasteiger partial charge in [0.05, 0.1) is 16.7 Å². The molecular weight excluding hydrogens is 432 g/mol. The third-order valence-corrected chi connectivity index (χ3v) is 9.27. The number of carbonyl (C=O) groups is 1. The molecule has 33 heavy (non-hydrogen) atoms. The predicted octanol–water partition coefficient (Wildman–Crippen LogP) is 4.51. The molecule has 0 saturated heterocycles. The van der Waals surface area contributed by atoms with Crippen molar-refractivity contribution in [3.63, 3.8) is 0 Å². The van der Waals surface area contributed by atoms with Gasteiger partial charge in [0.15, 0.2) is 5.16 Å². The number of nitrogens with zero attached hydrogens (tertiary/aromatic N) is 3. The highest BCUT2D eigenvalue weighted by Crippen LogP contribution is 2.65. The lowest BCUT2D eigenvalue weighted by atomic mass is 9.69. The summed E-state index contributed by atoms with van der Waals surface area (Å²) in [7, 11) is 0. The Morgan fingerprint density at radius 3 is 2.67 bits per heavy atom. The van der Waals surface area contributed by atoms with Gasteiger partial charge in [-0.3, -0.25) is 9.59 Å². The molecule has 2 bridgehead atoms. The van der Waals surface area contributed by atoms with E-state index >= 15 is 0 Å². The van der Waals surface area contributed by atoms with Crippen molar-refractivity contribution in [3.8, 4) is 5.82 Å². The summed E-state index contributed by atoms with van der Waals surface area (Å²) in [5.41, 5.74) is 1.83. The summed E-state index contributed by atoms with van der Waals surface area (Å²) in [6.45, 7) is 8.97. The van der Waals surface area contributed by atoms with E-state index in [1.807, 2.05) is 37.3 Å². The molecule has 3 atom stereocenters. The standard InChI is InChI=1S/C26H30N4O2S/c1-16-9-10-21(27-14-16)30-23(32)18-7-5-6-8-19(18)28-24(30)33-15-22(31)29-20-13-17-11-12-26(20,4)25(17,2)3/h5-10,14,17,20H,11-13,15H2,1-4H3,(H,29,31). The number of para-hydroxylation sites is 1. The van der Waals surface area contributed by atoms with Crippen LogP contribution in [0.4, 0.5) is 0 Å². The third-order valence-electron chi connectivity index (χ3n) is 8.33. The SMILES string of the molecule is Cc1ccc(-n2c(SCC(=O)NC3CC4CCC3(C)C4(C)C)nc3ccccc3c2=O)nc1. The van der Waals surface area contributed by atoms with E-state index in [2.05, 4.69) is 31.1 Å². The van der Waals surface area contributed by atoms with E-state index in [0.717, 1.165) is 18.4 Å². The number of pyridine rings is 1. The summed E-state index contributed by atoms with van der Waals surface area (Å²) < 4.78 is 1.52. The van der Waals surface area contributed by atoms with E-state index < -0.39 is 0 Å². The van der Waals surface area contributed by atoms with Crippen molar-refractivity contribution in [2.75, 3.05) is 5.75 Å². The van der Waals surface area contributed by atoms with Crippen molar-refractivity contribution in [3.05, 3.63) is 58.5 Å². The Hall–Kier alpha value is -2.67. The molecule has 0 radical (unpaired) electrons. The van der Waals surface area contributed by atoms with Crippen LogP contribution < -0.4 is 10.9 Å². The van der Waals surface area contributed by atoms with Gasteiger partial charge in [-0.1, -0.05) is 50.7 Å². The molecule has 2 aliphatic rings. The zero-order valence-corrected chi connectivity index (χ0v) is 20.4. The average molecular weight is 463 g/mol. The summed E-state index contributed by atoms with van der Waals surface area (Å²) >= 11 is 1.29. The number of aryl methyl sites for hydroxylation is 1. The molecule has 172 valence electrons. The molecule has 6 nitrogen and oxygen atoms in total. The van der Waals surface area contributed by atoms with Gasteiger partial charge in [0, 0.05) is 12.2 Å². The van der Waals surface area contributed by atoms with Crippen LogP contribution in [-0.2, 0) is 4.79 Å². The van der Waals surface area contributed by atoms with Crippen LogP contribution in [0.2, 0.25) is 0 Å². The van der Waals surface area contributed by atoms with Gasteiger partial charge in [-0.05, 0) is 66.7 Å². The summed E-state index contributed by atoms with van der Waals surface area (Å²) in [6.07, 6.45) is 5.19. The lowest BCUT2D eigenvalue weighted by Gasteiger charge is -2.39. The largest absolute Gasteiger partial charge is 0.352 e. The van der Waals surface area contributed by atoms with Gasteiger partial charge in [-0.15, -0.1) is 0 Å². The van der Waals surface area contributed by atoms with Gasteiger partial charge in [0.1, 0.15) is 5.82 Å². The second-order valence-corrected chi connectivity index (χ2v) is 11.2. The molecule has 5 rings (SSSR count). The topological polar surface area (TPSA) is 76.9 Å².